The van der Waals surface area contributed by atoms with Gasteiger partial charge in [0.2, 0.25) is 0 Å². The third-order valence-electron chi connectivity index (χ3n) is 11.4. The van der Waals surface area contributed by atoms with Crippen molar-refractivity contribution in [3.8, 4) is 39.4 Å². The number of nitrogens with zero attached hydrogens (tertiary/aromatic N) is 2. The van der Waals surface area contributed by atoms with Crippen molar-refractivity contribution in [2.45, 2.75) is 0 Å². The summed E-state index contributed by atoms with van der Waals surface area (Å²) in [7, 11) is 0. The van der Waals surface area contributed by atoms with Crippen LogP contribution in [0.25, 0.3) is 82.5 Å². The molecule has 56 heavy (non-hydrogen) atoms. The Morgan fingerprint density at radius 1 is 0.393 bits per heavy atom. The lowest BCUT2D eigenvalue weighted by Crippen LogP contribution is -2.10. The molecule has 4 heteroatoms. The Morgan fingerprint density at radius 3 is 1.98 bits per heavy atom. The molecule has 0 saturated carbocycles. The monoisotopic (exact) mass is 716 g/mol. The first-order valence-electron chi connectivity index (χ1n) is 19.0. The summed E-state index contributed by atoms with van der Waals surface area (Å²) >= 11 is 0. The van der Waals surface area contributed by atoms with Crippen LogP contribution in [0.15, 0.2) is 199 Å². The predicted molar refractivity (Wildman–Crippen MR) is 231 cm³/mol. The van der Waals surface area contributed by atoms with E-state index in [1.54, 1.807) is 0 Å². The molecule has 1 aliphatic rings. The molecule has 0 atom stereocenters. The molecule has 0 N–H and O–H groups in total. The second-order valence-electron chi connectivity index (χ2n) is 14.5. The molecule has 1 aliphatic heterocycles. The summed E-state index contributed by atoms with van der Waals surface area (Å²) in [5.41, 5.74) is 13.0. The van der Waals surface area contributed by atoms with Crippen molar-refractivity contribution in [2.75, 3.05) is 4.90 Å². The van der Waals surface area contributed by atoms with E-state index in [4.69, 9.17) is 9.15 Å². The van der Waals surface area contributed by atoms with Gasteiger partial charge in [0.1, 0.15) is 22.7 Å². The Labute approximate surface area is 322 Å². The van der Waals surface area contributed by atoms with Crippen LogP contribution in [0.5, 0.6) is 11.5 Å². The first-order valence-corrected chi connectivity index (χ1v) is 19.0. The number of fused-ring (bicyclic) bond motifs is 8. The Kier molecular flexibility index (Phi) is 6.60. The third-order valence-corrected chi connectivity index (χ3v) is 11.4. The van der Waals surface area contributed by atoms with E-state index in [0.717, 1.165) is 72.7 Å². The van der Waals surface area contributed by atoms with Gasteiger partial charge >= 0.3 is 0 Å². The molecule has 0 unspecified atom stereocenters. The molecular weight excluding hydrogens is 685 g/mol. The third kappa shape index (κ3) is 4.66. The zero-order valence-corrected chi connectivity index (χ0v) is 30.2. The molecule has 2 aromatic heterocycles. The minimum Gasteiger partial charge on any atom is -0.456 e. The molecular formula is C52H32N2O2. The van der Waals surface area contributed by atoms with E-state index in [2.05, 4.69) is 191 Å². The first-order chi connectivity index (χ1) is 27.7. The van der Waals surface area contributed by atoms with Crippen LogP contribution in [0.2, 0.25) is 0 Å². The maximum atomic E-state index is 6.66. The van der Waals surface area contributed by atoms with Gasteiger partial charge in [0.15, 0.2) is 0 Å². The molecule has 0 bridgehead atoms. The molecule has 0 radical (unpaired) electrons. The van der Waals surface area contributed by atoms with Crippen molar-refractivity contribution < 1.29 is 9.15 Å². The fraction of sp³-hybridized carbons (Fsp3) is 0. The highest BCUT2D eigenvalue weighted by atomic mass is 16.5. The fourth-order valence-electron chi connectivity index (χ4n) is 8.80. The van der Waals surface area contributed by atoms with Crippen molar-refractivity contribution in [1.82, 2.24) is 4.57 Å². The number of benzene rings is 9. The molecule has 262 valence electrons. The molecule has 3 heterocycles. The van der Waals surface area contributed by atoms with Crippen molar-refractivity contribution in [3.05, 3.63) is 194 Å². The standard InChI is InChI=1S/C52H32N2O2/c1-2-12-36(13-3-1)54-46-17-6-4-14-40(46)44-30-35(22-28-47(44)54)33-20-23-37(24-21-33)53(38-26-29-49-45(31-38)41-15-5-7-18-48(41)55-49)39-25-27-42-43-16-8-10-34-11-9-19-50(52(34)43)56-51(42)32-39/h1-32H. The zero-order chi connectivity index (χ0) is 36.7. The van der Waals surface area contributed by atoms with Crippen LogP contribution in [0.3, 0.4) is 0 Å². The van der Waals surface area contributed by atoms with Gasteiger partial charge < -0.3 is 18.6 Å². The fourth-order valence-corrected chi connectivity index (χ4v) is 8.80. The van der Waals surface area contributed by atoms with Crippen LogP contribution in [0, 0.1) is 0 Å². The number of rotatable bonds is 5. The Balaban J connectivity index is 0.992. The van der Waals surface area contributed by atoms with E-state index in [1.807, 2.05) is 12.1 Å². The highest BCUT2D eigenvalue weighted by Crippen LogP contribution is 2.49. The summed E-state index contributed by atoms with van der Waals surface area (Å²) in [6.45, 7) is 0. The summed E-state index contributed by atoms with van der Waals surface area (Å²) in [4.78, 5) is 2.31. The summed E-state index contributed by atoms with van der Waals surface area (Å²) in [5.74, 6) is 1.72. The SMILES string of the molecule is c1ccc(-n2c3ccccc3c3cc(-c4ccc(N(c5ccc6c(c5)Oc5cccc7cccc-6c57)c5ccc6oc7ccccc7c6c5)cc4)ccc32)cc1. The topological polar surface area (TPSA) is 30.5 Å². The molecule has 0 saturated heterocycles. The lowest BCUT2D eigenvalue weighted by molar-refractivity contribution is 0.487. The van der Waals surface area contributed by atoms with Gasteiger partial charge in [0.25, 0.3) is 0 Å². The molecule has 4 nitrogen and oxygen atoms in total. The van der Waals surface area contributed by atoms with E-state index in [9.17, 15) is 0 Å². The average Bonchev–Trinajstić information content (AvgIpc) is 3.80. The molecule has 0 aliphatic carbocycles. The molecule has 0 fully saturated rings. The summed E-state index contributed by atoms with van der Waals surface area (Å²) in [5, 5.41) is 6.99. The van der Waals surface area contributed by atoms with Gasteiger partial charge in [0, 0.05) is 61.3 Å². The highest BCUT2D eigenvalue weighted by molar-refractivity contribution is 6.11. The number of para-hydroxylation sites is 3. The highest BCUT2D eigenvalue weighted by Gasteiger charge is 2.23. The Morgan fingerprint density at radius 2 is 1.09 bits per heavy atom. The molecule has 0 spiro atoms. The Bertz CT molecular complexity index is 3330. The van der Waals surface area contributed by atoms with Gasteiger partial charge in [-0.25, -0.2) is 0 Å². The maximum Gasteiger partial charge on any atom is 0.137 e. The summed E-state index contributed by atoms with van der Waals surface area (Å²) in [6, 6.07) is 69.0. The van der Waals surface area contributed by atoms with Gasteiger partial charge in [0.05, 0.1) is 11.0 Å². The predicted octanol–water partition coefficient (Wildman–Crippen LogP) is 14.7. The van der Waals surface area contributed by atoms with Gasteiger partial charge in [-0.3, -0.25) is 0 Å². The van der Waals surface area contributed by atoms with Crippen LogP contribution in [0.1, 0.15) is 0 Å². The van der Waals surface area contributed by atoms with Crippen LogP contribution < -0.4 is 9.64 Å². The van der Waals surface area contributed by atoms with Gasteiger partial charge in [-0.15, -0.1) is 0 Å². The first kappa shape index (κ1) is 30.9. The van der Waals surface area contributed by atoms with Crippen LogP contribution >= 0.6 is 0 Å². The second kappa shape index (κ2) is 12.0. The van der Waals surface area contributed by atoms with Crippen molar-refractivity contribution in [2.24, 2.45) is 0 Å². The largest absolute Gasteiger partial charge is 0.456 e. The van der Waals surface area contributed by atoms with E-state index < -0.39 is 0 Å². The number of hydrogen-bond acceptors (Lipinski definition) is 3. The van der Waals surface area contributed by atoms with E-state index in [-0.39, 0.29) is 0 Å². The van der Waals surface area contributed by atoms with Crippen LogP contribution in [-0.2, 0) is 0 Å². The number of ether oxygens (including phenoxy) is 1. The number of anilines is 3. The molecule has 0 amide bonds. The Hall–Kier alpha value is -7.56. The van der Waals surface area contributed by atoms with Crippen LogP contribution in [0.4, 0.5) is 17.1 Å². The van der Waals surface area contributed by atoms with E-state index >= 15 is 0 Å². The summed E-state index contributed by atoms with van der Waals surface area (Å²) in [6.07, 6.45) is 0. The van der Waals surface area contributed by atoms with Crippen molar-refractivity contribution in [1.29, 1.82) is 0 Å². The average molecular weight is 717 g/mol. The number of aromatic nitrogens is 1. The maximum absolute atomic E-state index is 6.66. The van der Waals surface area contributed by atoms with Gasteiger partial charge in [-0.2, -0.15) is 0 Å². The number of hydrogen-bond donors (Lipinski definition) is 0. The molecule has 11 aromatic rings. The van der Waals surface area contributed by atoms with Crippen molar-refractivity contribution in [3.63, 3.8) is 0 Å². The smallest absolute Gasteiger partial charge is 0.137 e. The van der Waals surface area contributed by atoms with Gasteiger partial charge in [-0.05, 0) is 107 Å². The zero-order valence-electron chi connectivity index (χ0n) is 30.2. The quantitative estimate of drug-likeness (QED) is 0.178. The molecule has 9 aromatic carbocycles. The molecule has 12 rings (SSSR count). The number of furan rings is 1. The second-order valence-corrected chi connectivity index (χ2v) is 14.5. The summed E-state index contributed by atoms with van der Waals surface area (Å²) < 4.78 is 15.3. The lowest BCUT2D eigenvalue weighted by Gasteiger charge is -2.28. The van der Waals surface area contributed by atoms with E-state index in [1.165, 1.54) is 38.3 Å². The van der Waals surface area contributed by atoms with E-state index in [0.29, 0.717) is 0 Å². The van der Waals surface area contributed by atoms with Gasteiger partial charge in [-0.1, -0.05) is 103 Å². The lowest BCUT2D eigenvalue weighted by atomic mass is 9.94. The normalized spacial score (nSPS) is 12.1. The van der Waals surface area contributed by atoms with Crippen molar-refractivity contribution >= 4 is 71.6 Å². The minimum absolute atomic E-state index is 0.841. The van der Waals surface area contributed by atoms with Crippen LogP contribution in [-0.4, -0.2) is 4.57 Å². The minimum atomic E-state index is 0.841.